The molecule has 6 rings (SSSR count). The standard InChI is InChI=1S/C35H34ClFN6O4S/c1-3-32(43(2)15-17-48(44,45)33-10-4-5-14-38-33)35(13-7-16-47-35)31-20-27-29(21-39-31)40-23-41-34(27)42-26-11-12-30(28(36)19-26)46-22-24-8-6-9-25(37)18-24/h4-12,14,16,18-21,23,32H,3,13,15,17,22H2,1-2H3,(H,40,41,42). The Labute approximate surface area is 283 Å². The molecule has 0 radical (unpaired) electrons. The number of ether oxygens (including phenoxy) is 2. The maximum Gasteiger partial charge on any atom is 0.196 e. The SMILES string of the molecule is CCC(N(C)CCS(=O)(=O)c1ccccn1)C1(c2cc3c(Nc4ccc(OCc5cccc(F)c5)c(Cl)c4)ncnc3cn2)CC=CO1. The second-order valence-corrected chi connectivity index (χ2v) is 13.9. The van der Waals surface area contributed by atoms with Crippen LogP contribution in [0.3, 0.4) is 0 Å². The molecule has 2 aromatic carbocycles. The maximum atomic E-state index is 13.6. The molecule has 0 saturated carbocycles. The molecule has 0 fully saturated rings. The number of nitrogens with zero attached hydrogens (tertiary/aromatic N) is 5. The Bertz CT molecular complexity index is 2040. The first-order valence-corrected chi connectivity index (χ1v) is 17.4. The van der Waals surface area contributed by atoms with Crippen LogP contribution in [-0.4, -0.2) is 58.6 Å². The van der Waals surface area contributed by atoms with Gasteiger partial charge in [-0.25, -0.2) is 27.8 Å². The van der Waals surface area contributed by atoms with E-state index in [1.807, 2.05) is 37.1 Å². The zero-order chi connectivity index (χ0) is 33.7. The summed E-state index contributed by atoms with van der Waals surface area (Å²) in [6, 6.07) is 18.1. The zero-order valence-electron chi connectivity index (χ0n) is 26.4. The van der Waals surface area contributed by atoms with Crippen LogP contribution in [0.4, 0.5) is 15.9 Å². The molecule has 5 aromatic rings. The van der Waals surface area contributed by atoms with Gasteiger partial charge in [0.15, 0.2) is 20.5 Å². The Morgan fingerprint density at radius 2 is 1.96 bits per heavy atom. The van der Waals surface area contributed by atoms with Gasteiger partial charge in [0.1, 0.15) is 30.3 Å². The van der Waals surface area contributed by atoms with Crippen LogP contribution in [-0.2, 0) is 26.8 Å². The van der Waals surface area contributed by atoms with Crippen molar-refractivity contribution in [1.29, 1.82) is 0 Å². The van der Waals surface area contributed by atoms with Gasteiger partial charge in [0.25, 0.3) is 0 Å². The van der Waals surface area contributed by atoms with Gasteiger partial charge in [-0.05, 0) is 73.6 Å². The van der Waals surface area contributed by atoms with Gasteiger partial charge in [-0.2, -0.15) is 0 Å². The normalized spacial score (nSPS) is 16.6. The van der Waals surface area contributed by atoms with Crippen LogP contribution in [0.25, 0.3) is 10.9 Å². The third kappa shape index (κ3) is 7.10. The summed E-state index contributed by atoms with van der Waals surface area (Å²) >= 11 is 6.56. The molecule has 1 aliphatic heterocycles. The predicted molar refractivity (Wildman–Crippen MR) is 182 cm³/mol. The fraction of sp³-hybridized carbons (Fsp3) is 0.257. The largest absolute Gasteiger partial charge is 0.487 e. The first-order chi connectivity index (χ1) is 23.2. The molecule has 2 atom stereocenters. The Kier molecular flexibility index (Phi) is 9.86. The predicted octanol–water partition coefficient (Wildman–Crippen LogP) is 6.85. The van der Waals surface area contributed by atoms with Crippen molar-refractivity contribution in [2.24, 2.45) is 0 Å². The van der Waals surface area contributed by atoms with Crippen molar-refractivity contribution in [1.82, 2.24) is 24.8 Å². The number of aromatic nitrogens is 4. The molecule has 0 spiro atoms. The van der Waals surface area contributed by atoms with Crippen molar-refractivity contribution in [3.05, 3.63) is 120 Å². The van der Waals surface area contributed by atoms with Crippen molar-refractivity contribution < 1.29 is 22.3 Å². The van der Waals surface area contributed by atoms with E-state index in [1.165, 1.54) is 30.7 Å². The van der Waals surface area contributed by atoms with Crippen molar-refractivity contribution in [2.75, 3.05) is 24.7 Å². The number of pyridine rings is 2. The van der Waals surface area contributed by atoms with Crippen LogP contribution in [0.15, 0.2) is 103 Å². The average Bonchev–Trinajstić information content (AvgIpc) is 3.58. The fourth-order valence-electron chi connectivity index (χ4n) is 5.95. The Morgan fingerprint density at radius 1 is 1.08 bits per heavy atom. The Hall–Kier alpha value is -4.65. The number of rotatable bonds is 13. The van der Waals surface area contributed by atoms with E-state index in [1.54, 1.807) is 48.9 Å². The fourth-order valence-corrected chi connectivity index (χ4v) is 7.43. The van der Waals surface area contributed by atoms with Crippen LogP contribution in [0.2, 0.25) is 5.02 Å². The molecule has 0 aliphatic carbocycles. The average molecular weight is 689 g/mol. The lowest BCUT2D eigenvalue weighted by atomic mass is 9.84. The topological polar surface area (TPSA) is 119 Å². The van der Waals surface area contributed by atoms with Crippen molar-refractivity contribution >= 4 is 43.8 Å². The van der Waals surface area contributed by atoms with Gasteiger partial charge < -0.3 is 14.8 Å². The number of fused-ring (bicyclic) bond motifs is 1. The van der Waals surface area contributed by atoms with E-state index in [0.29, 0.717) is 51.9 Å². The van der Waals surface area contributed by atoms with E-state index >= 15 is 0 Å². The molecular weight excluding hydrogens is 655 g/mol. The van der Waals surface area contributed by atoms with Crippen LogP contribution < -0.4 is 10.1 Å². The third-order valence-corrected chi connectivity index (χ3v) is 10.2. The van der Waals surface area contributed by atoms with E-state index in [2.05, 4.69) is 20.3 Å². The van der Waals surface area contributed by atoms with Gasteiger partial charge >= 0.3 is 0 Å². The summed E-state index contributed by atoms with van der Waals surface area (Å²) in [4.78, 5) is 19.8. The highest BCUT2D eigenvalue weighted by atomic mass is 35.5. The zero-order valence-corrected chi connectivity index (χ0v) is 28.0. The minimum Gasteiger partial charge on any atom is -0.487 e. The highest BCUT2D eigenvalue weighted by Gasteiger charge is 2.46. The summed E-state index contributed by atoms with van der Waals surface area (Å²) < 4.78 is 51.7. The lowest BCUT2D eigenvalue weighted by Crippen LogP contribution is -2.50. The molecule has 2 unspecified atom stereocenters. The highest BCUT2D eigenvalue weighted by molar-refractivity contribution is 7.91. The Morgan fingerprint density at radius 3 is 2.69 bits per heavy atom. The van der Waals surface area contributed by atoms with Crippen LogP contribution >= 0.6 is 11.6 Å². The molecule has 0 saturated heterocycles. The molecule has 48 heavy (non-hydrogen) atoms. The number of hydrogen-bond acceptors (Lipinski definition) is 10. The number of hydrogen-bond donors (Lipinski definition) is 1. The van der Waals surface area contributed by atoms with Crippen molar-refractivity contribution in [2.45, 2.75) is 43.0 Å². The van der Waals surface area contributed by atoms with E-state index < -0.39 is 15.4 Å². The van der Waals surface area contributed by atoms with E-state index in [0.717, 1.165) is 5.39 Å². The number of nitrogens with one attached hydrogen (secondary N) is 1. The second-order valence-electron chi connectivity index (χ2n) is 11.5. The lowest BCUT2D eigenvalue weighted by Gasteiger charge is -2.41. The number of sulfone groups is 1. The molecule has 10 nitrogen and oxygen atoms in total. The van der Waals surface area contributed by atoms with Crippen molar-refractivity contribution in [3.8, 4) is 5.75 Å². The minimum absolute atomic E-state index is 0.0588. The van der Waals surface area contributed by atoms with E-state index in [4.69, 9.17) is 26.1 Å². The van der Waals surface area contributed by atoms with Crippen LogP contribution in [0.1, 0.15) is 31.0 Å². The summed E-state index contributed by atoms with van der Waals surface area (Å²) in [5.41, 5.74) is 1.79. The summed E-state index contributed by atoms with van der Waals surface area (Å²) in [6.45, 7) is 2.49. The first kappa shape index (κ1) is 33.3. The summed E-state index contributed by atoms with van der Waals surface area (Å²) in [6.07, 6.45) is 9.47. The minimum atomic E-state index is -3.57. The Balaban J connectivity index is 1.23. The molecule has 0 bridgehead atoms. The van der Waals surface area contributed by atoms with Gasteiger partial charge in [-0.15, -0.1) is 0 Å². The van der Waals surface area contributed by atoms with Gasteiger partial charge in [-0.1, -0.05) is 36.7 Å². The summed E-state index contributed by atoms with van der Waals surface area (Å²) in [5.74, 6) is 0.575. The third-order valence-electron chi connectivity index (χ3n) is 8.36. The highest BCUT2D eigenvalue weighted by Crippen LogP contribution is 2.42. The quantitative estimate of drug-likeness (QED) is 0.141. The monoisotopic (exact) mass is 688 g/mol. The van der Waals surface area contributed by atoms with Gasteiger partial charge in [0.05, 0.1) is 40.5 Å². The van der Waals surface area contributed by atoms with E-state index in [-0.39, 0.29) is 35.8 Å². The molecule has 13 heteroatoms. The lowest BCUT2D eigenvalue weighted by molar-refractivity contribution is -0.0429. The van der Waals surface area contributed by atoms with Crippen LogP contribution in [0.5, 0.6) is 5.75 Å². The van der Waals surface area contributed by atoms with E-state index in [9.17, 15) is 12.8 Å². The van der Waals surface area contributed by atoms with Gasteiger partial charge in [0, 0.05) is 30.2 Å². The molecule has 248 valence electrons. The number of anilines is 2. The molecule has 1 aliphatic rings. The summed E-state index contributed by atoms with van der Waals surface area (Å²) in [5, 5.41) is 4.49. The van der Waals surface area contributed by atoms with Crippen LogP contribution in [0, 0.1) is 5.82 Å². The molecule has 3 aromatic heterocycles. The maximum absolute atomic E-state index is 13.6. The first-order valence-electron chi connectivity index (χ1n) is 15.4. The van der Waals surface area contributed by atoms with Crippen molar-refractivity contribution in [3.63, 3.8) is 0 Å². The number of likely N-dealkylation sites (N-methyl/N-ethyl adjacent to an activating group) is 1. The smallest absolute Gasteiger partial charge is 0.196 e. The molecular formula is C35H34ClFN6O4S. The van der Waals surface area contributed by atoms with Gasteiger partial charge in [0.2, 0.25) is 0 Å². The van der Waals surface area contributed by atoms with Gasteiger partial charge in [-0.3, -0.25) is 9.88 Å². The number of benzene rings is 2. The summed E-state index contributed by atoms with van der Waals surface area (Å²) in [7, 11) is -1.67. The molecule has 1 N–H and O–H groups in total. The molecule has 0 amide bonds. The second kappa shape index (κ2) is 14.2. The number of halogens is 2. The molecule has 4 heterocycles.